The minimum Gasteiger partial charge on any atom is -0.496 e. The molecule has 1 saturated carbocycles. The maximum atomic E-state index is 12.2. The molecule has 7 nitrogen and oxygen atoms in total. The number of hydrogen-bond donors (Lipinski definition) is 2. The number of halogens is 3. The van der Waals surface area contributed by atoms with Gasteiger partial charge in [-0.2, -0.15) is 13.2 Å². The number of para-hydroxylation sites is 1. The number of amides is 1. The Morgan fingerprint density at radius 3 is 2.55 bits per heavy atom. The van der Waals surface area contributed by atoms with Crippen LogP contribution in [0.15, 0.2) is 24.3 Å². The Morgan fingerprint density at radius 2 is 1.94 bits per heavy atom. The number of nitrogens with one attached hydrogen (secondary N) is 1. The maximum absolute atomic E-state index is 12.2. The molecule has 1 aromatic carbocycles. The number of piperidine rings is 1. The molecule has 0 radical (unpaired) electrons. The summed E-state index contributed by atoms with van der Waals surface area (Å²) in [5.74, 6) is -0.553. The van der Waals surface area contributed by atoms with Gasteiger partial charge in [-0.15, -0.1) is 0 Å². The van der Waals surface area contributed by atoms with Gasteiger partial charge in [-0.05, 0) is 44.2 Å². The molecule has 3 aliphatic rings. The zero-order valence-electron chi connectivity index (χ0n) is 18.6. The van der Waals surface area contributed by atoms with Crippen LogP contribution in [0.2, 0.25) is 0 Å². The molecule has 3 atom stereocenters. The molecule has 4 rings (SSSR count). The Morgan fingerprint density at radius 1 is 1.24 bits per heavy atom. The van der Waals surface area contributed by atoms with Crippen LogP contribution in [0.3, 0.4) is 0 Å². The normalized spacial score (nSPS) is 25.3. The molecule has 0 unspecified atom stereocenters. The second-order valence-corrected chi connectivity index (χ2v) is 8.83. The number of fused-ring (bicyclic) bond motifs is 1. The van der Waals surface area contributed by atoms with Gasteiger partial charge < -0.3 is 19.9 Å². The van der Waals surface area contributed by atoms with Crippen LogP contribution in [-0.2, 0) is 20.9 Å². The van der Waals surface area contributed by atoms with Crippen LogP contribution in [0, 0.1) is 11.8 Å². The standard InChI is InChI=1S/C21H30N2O3.C2HF3O2/c1-25-19-8-3-2-5-15(19)12-23-10-9-18-16(13-23)14-26-20(18)11-21(24)22-17-6-4-7-17;3-2(4,5)1(6)7/h2-3,5,8,16-18,20H,4,6-7,9-14H2,1H3,(H,22,24);(H,6,7)/t16-,18-,20-;/m1./s1. The van der Waals surface area contributed by atoms with E-state index in [1.165, 1.54) is 12.0 Å². The molecule has 2 aliphatic heterocycles. The van der Waals surface area contributed by atoms with Crippen LogP contribution < -0.4 is 10.1 Å². The first kappa shape index (κ1) is 25.3. The van der Waals surface area contributed by atoms with E-state index in [-0.39, 0.29) is 12.0 Å². The van der Waals surface area contributed by atoms with Crippen molar-refractivity contribution < 1.29 is 37.3 Å². The van der Waals surface area contributed by atoms with E-state index in [2.05, 4.69) is 22.3 Å². The first-order chi connectivity index (χ1) is 15.7. The van der Waals surface area contributed by atoms with Crippen LogP contribution in [0.4, 0.5) is 13.2 Å². The summed E-state index contributed by atoms with van der Waals surface area (Å²) in [6, 6.07) is 8.67. The van der Waals surface area contributed by atoms with E-state index in [1.807, 2.05) is 12.1 Å². The lowest BCUT2D eigenvalue weighted by Gasteiger charge is -2.36. The number of carbonyl (C=O) groups excluding carboxylic acids is 1. The molecule has 33 heavy (non-hydrogen) atoms. The van der Waals surface area contributed by atoms with E-state index >= 15 is 0 Å². The van der Waals surface area contributed by atoms with Gasteiger partial charge in [-0.25, -0.2) is 4.79 Å². The number of benzene rings is 1. The van der Waals surface area contributed by atoms with E-state index in [0.717, 1.165) is 51.3 Å². The molecule has 3 fully saturated rings. The molecule has 2 N–H and O–H groups in total. The molecular formula is C23H31F3N2O5. The highest BCUT2D eigenvalue weighted by Gasteiger charge is 2.41. The lowest BCUT2D eigenvalue weighted by molar-refractivity contribution is -0.192. The van der Waals surface area contributed by atoms with Gasteiger partial charge in [-0.1, -0.05) is 18.2 Å². The van der Waals surface area contributed by atoms with Crippen LogP contribution in [0.5, 0.6) is 5.75 Å². The summed E-state index contributed by atoms with van der Waals surface area (Å²) in [6.07, 6.45) is 0.194. The van der Waals surface area contributed by atoms with Gasteiger partial charge in [-0.3, -0.25) is 9.69 Å². The predicted molar refractivity (Wildman–Crippen MR) is 114 cm³/mol. The number of methoxy groups -OCH3 is 1. The fourth-order valence-electron chi connectivity index (χ4n) is 4.61. The molecule has 0 spiro atoms. The van der Waals surface area contributed by atoms with Crippen LogP contribution >= 0.6 is 0 Å². The molecule has 2 heterocycles. The third-order valence-electron chi connectivity index (χ3n) is 6.56. The topological polar surface area (TPSA) is 88.1 Å². The lowest BCUT2D eigenvalue weighted by Crippen LogP contribution is -2.43. The van der Waals surface area contributed by atoms with E-state index < -0.39 is 12.1 Å². The van der Waals surface area contributed by atoms with Gasteiger partial charge in [0.15, 0.2) is 0 Å². The zero-order chi connectivity index (χ0) is 24.0. The number of carboxylic acid groups (broad SMARTS) is 1. The summed E-state index contributed by atoms with van der Waals surface area (Å²) in [5.41, 5.74) is 1.24. The summed E-state index contributed by atoms with van der Waals surface area (Å²) in [4.78, 5) is 23.6. The monoisotopic (exact) mass is 472 g/mol. The zero-order valence-corrected chi connectivity index (χ0v) is 18.6. The number of ether oxygens (including phenoxy) is 2. The van der Waals surface area contributed by atoms with Crippen molar-refractivity contribution in [3.05, 3.63) is 29.8 Å². The Balaban J connectivity index is 0.000000383. The van der Waals surface area contributed by atoms with E-state index in [0.29, 0.717) is 24.3 Å². The second kappa shape index (κ2) is 11.2. The number of carboxylic acids is 1. The summed E-state index contributed by atoms with van der Waals surface area (Å²) in [7, 11) is 1.73. The van der Waals surface area contributed by atoms with Crippen molar-refractivity contribution in [2.24, 2.45) is 11.8 Å². The van der Waals surface area contributed by atoms with Crippen molar-refractivity contribution in [1.29, 1.82) is 0 Å². The molecule has 2 saturated heterocycles. The maximum Gasteiger partial charge on any atom is 0.490 e. The van der Waals surface area contributed by atoms with Crippen LogP contribution in [0.25, 0.3) is 0 Å². The first-order valence-corrected chi connectivity index (χ1v) is 11.2. The Kier molecular flexibility index (Phi) is 8.58. The number of alkyl halides is 3. The quantitative estimate of drug-likeness (QED) is 0.661. The fraction of sp³-hybridized carbons (Fsp3) is 0.652. The number of aliphatic carboxylic acids is 1. The first-order valence-electron chi connectivity index (χ1n) is 11.2. The molecule has 0 bridgehead atoms. The molecule has 1 amide bonds. The molecule has 1 aromatic rings. The highest BCUT2D eigenvalue weighted by Crippen LogP contribution is 2.36. The SMILES string of the molecule is COc1ccccc1CN1CC[C@@H]2[C@@H](CO[C@@H]2CC(=O)NC2CCC2)C1.O=C(O)C(F)(F)F. The minimum absolute atomic E-state index is 0.105. The van der Waals surface area contributed by atoms with Gasteiger partial charge >= 0.3 is 12.1 Å². The molecule has 1 aliphatic carbocycles. The van der Waals surface area contributed by atoms with E-state index in [9.17, 15) is 18.0 Å². The Hall–Kier alpha value is -2.33. The van der Waals surface area contributed by atoms with E-state index in [1.54, 1.807) is 7.11 Å². The number of hydrogen-bond acceptors (Lipinski definition) is 5. The number of carbonyl (C=O) groups is 2. The molecule has 10 heteroatoms. The lowest BCUT2D eigenvalue weighted by atomic mass is 9.83. The summed E-state index contributed by atoms with van der Waals surface area (Å²) < 4.78 is 43.3. The second-order valence-electron chi connectivity index (χ2n) is 8.83. The van der Waals surface area contributed by atoms with Gasteiger partial charge in [0.05, 0.1) is 26.2 Å². The Bertz CT molecular complexity index is 816. The highest BCUT2D eigenvalue weighted by atomic mass is 19.4. The minimum atomic E-state index is -5.08. The number of rotatable bonds is 6. The van der Waals surface area contributed by atoms with Gasteiger partial charge in [0.25, 0.3) is 0 Å². The summed E-state index contributed by atoms with van der Waals surface area (Å²) in [6.45, 7) is 3.81. The van der Waals surface area contributed by atoms with Gasteiger partial charge in [0.1, 0.15) is 5.75 Å². The van der Waals surface area contributed by atoms with Crippen molar-refractivity contribution >= 4 is 11.9 Å². The molecule has 184 valence electrons. The van der Waals surface area contributed by atoms with Crippen molar-refractivity contribution in [3.8, 4) is 5.75 Å². The van der Waals surface area contributed by atoms with Crippen LogP contribution in [-0.4, -0.2) is 67.0 Å². The third kappa shape index (κ3) is 7.07. The average Bonchev–Trinajstić information content (AvgIpc) is 3.13. The van der Waals surface area contributed by atoms with Crippen LogP contribution in [0.1, 0.15) is 37.7 Å². The third-order valence-corrected chi connectivity index (χ3v) is 6.56. The molecule has 0 aromatic heterocycles. The van der Waals surface area contributed by atoms with Gasteiger partial charge in [0, 0.05) is 30.6 Å². The van der Waals surface area contributed by atoms with Crippen molar-refractivity contribution in [1.82, 2.24) is 10.2 Å². The largest absolute Gasteiger partial charge is 0.496 e. The highest BCUT2D eigenvalue weighted by molar-refractivity contribution is 5.77. The number of nitrogens with zero attached hydrogens (tertiary/aromatic N) is 1. The summed E-state index contributed by atoms with van der Waals surface area (Å²) >= 11 is 0. The van der Waals surface area contributed by atoms with Crippen molar-refractivity contribution in [2.75, 3.05) is 26.8 Å². The van der Waals surface area contributed by atoms with Crippen molar-refractivity contribution in [3.63, 3.8) is 0 Å². The fourth-order valence-corrected chi connectivity index (χ4v) is 4.61. The van der Waals surface area contributed by atoms with E-state index in [4.69, 9.17) is 19.4 Å². The van der Waals surface area contributed by atoms with Gasteiger partial charge in [0.2, 0.25) is 5.91 Å². The summed E-state index contributed by atoms with van der Waals surface area (Å²) in [5, 5.41) is 10.3. The molecular weight excluding hydrogens is 441 g/mol. The predicted octanol–water partition coefficient (Wildman–Crippen LogP) is 3.22. The van der Waals surface area contributed by atoms with Crippen molar-refractivity contribution in [2.45, 2.75) is 57.0 Å². The Labute approximate surface area is 191 Å². The number of likely N-dealkylation sites (tertiary alicyclic amines) is 1. The average molecular weight is 473 g/mol. The smallest absolute Gasteiger partial charge is 0.490 e.